The average molecular weight is 881 g/mol. The summed E-state index contributed by atoms with van der Waals surface area (Å²) in [5.41, 5.74) is 2.58. The third-order valence-corrected chi connectivity index (χ3v) is 17.3. The Morgan fingerprint density at radius 1 is 0.553 bits per heavy atom. The molecule has 0 spiro atoms. The number of rotatable bonds is 2. The summed E-state index contributed by atoms with van der Waals surface area (Å²) in [5, 5.41) is 0. The maximum Gasteiger partial charge on any atom is 0.169 e. The number of halogens is 2. The zero-order valence-electron chi connectivity index (χ0n) is 21.2. The van der Waals surface area contributed by atoms with Crippen LogP contribution < -0.4 is 57.1 Å². The molecular weight excluding hydrogens is 851 g/mol. The van der Waals surface area contributed by atoms with E-state index in [4.69, 9.17) is 0 Å². The first-order valence-corrected chi connectivity index (χ1v) is 19.7. The average Bonchev–Trinajstić information content (AvgIpc) is 3.52. The first-order valence-electron chi connectivity index (χ1n) is 12.0. The second-order valence-electron chi connectivity index (χ2n) is 8.30. The Kier molecular flexibility index (Phi) is 16.0. The lowest BCUT2D eigenvalue weighted by Crippen LogP contribution is -3.00. The molecule has 2 aromatic heterocycles. The van der Waals surface area contributed by atoms with Crippen molar-refractivity contribution in [3.8, 4) is 11.1 Å². The van der Waals surface area contributed by atoms with Crippen LogP contribution in [0.2, 0.25) is 0 Å². The quantitative estimate of drug-likeness (QED) is 0.332. The van der Waals surface area contributed by atoms with Crippen LogP contribution in [0.5, 0.6) is 0 Å². The summed E-state index contributed by atoms with van der Waals surface area (Å²) in [4.78, 5) is 0. The Bertz CT molecular complexity index is 1080. The summed E-state index contributed by atoms with van der Waals surface area (Å²) >= 11 is 16.0. The van der Waals surface area contributed by atoms with Gasteiger partial charge in [0.15, 0.2) is 24.8 Å². The summed E-state index contributed by atoms with van der Waals surface area (Å²) in [5.74, 6) is 2.38. The molecule has 0 aliphatic carbocycles. The van der Waals surface area contributed by atoms with Crippen molar-refractivity contribution >= 4 is 94.1 Å². The van der Waals surface area contributed by atoms with Crippen LogP contribution in [-0.2, 0) is 13.1 Å². The fourth-order valence-electron chi connectivity index (χ4n) is 3.86. The lowest BCUT2D eigenvalue weighted by molar-refractivity contribution is -0.697. The maximum absolute atomic E-state index is 2.32. The molecule has 2 nitrogen and oxygen atoms in total. The van der Waals surface area contributed by atoms with E-state index < -0.39 is 0 Å². The van der Waals surface area contributed by atoms with E-state index in [9.17, 15) is 0 Å². The minimum absolute atomic E-state index is 0. The normalized spacial score (nSPS) is 20.8. The molecule has 5 aliphatic heterocycles. The molecule has 0 atom stereocenters. The van der Waals surface area contributed by atoms with Gasteiger partial charge < -0.3 is 48.0 Å². The van der Waals surface area contributed by atoms with E-state index >= 15 is 0 Å². The molecule has 0 aromatic carbocycles. The van der Waals surface area contributed by atoms with Crippen LogP contribution >= 0.6 is 94.1 Å². The molecule has 38 heavy (non-hydrogen) atoms. The largest absolute Gasteiger partial charge is 1.00 e. The van der Waals surface area contributed by atoms with E-state index in [1.807, 2.05) is 70.6 Å². The highest BCUT2D eigenvalue weighted by molar-refractivity contribution is 8.45. The molecule has 0 saturated carbocycles. The van der Waals surface area contributed by atoms with Gasteiger partial charge in [0.05, 0.1) is 25.4 Å². The van der Waals surface area contributed by atoms with E-state index in [1.165, 1.54) is 73.7 Å². The smallest absolute Gasteiger partial charge is 0.169 e. The van der Waals surface area contributed by atoms with Gasteiger partial charge in [-0.25, -0.2) is 9.13 Å². The van der Waals surface area contributed by atoms with E-state index in [0.717, 1.165) is 13.1 Å². The Labute approximate surface area is 295 Å². The predicted octanol–water partition coefficient (Wildman–Crippen LogP) is 3.04. The second kappa shape index (κ2) is 17.8. The molecular formula is C26H30I2N2S8. The van der Waals surface area contributed by atoms with Crippen LogP contribution in [0, 0.1) is 0 Å². The van der Waals surface area contributed by atoms with E-state index in [1.54, 1.807) is 0 Å². The third kappa shape index (κ3) is 9.39. The molecule has 8 bridgehead atoms. The molecule has 0 unspecified atom stereocenters. The molecule has 7 rings (SSSR count). The fraction of sp³-hybridized carbons (Fsp3) is 0.385. The Morgan fingerprint density at radius 2 is 0.947 bits per heavy atom. The summed E-state index contributed by atoms with van der Waals surface area (Å²) in [6, 6.07) is 9.01. The molecule has 0 radical (unpaired) electrons. The minimum Gasteiger partial charge on any atom is -1.00 e. The summed E-state index contributed by atoms with van der Waals surface area (Å²) in [6.07, 6.45) is 18.3. The van der Waals surface area contributed by atoms with Gasteiger partial charge in [-0.15, -0.1) is 47.0 Å². The molecule has 7 heterocycles. The van der Waals surface area contributed by atoms with Crippen molar-refractivity contribution in [2.24, 2.45) is 0 Å². The van der Waals surface area contributed by atoms with Gasteiger partial charge in [-0.05, 0) is 48.0 Å². The van der Waals surface area contributed by atoms with Crippen molar-refractivity contribution in [2.75, 3.05) is 24.0 Å². The van der Waals surface area contributed by atoms with E-state index in [0.29, 0.717) is 0 Å². The number of hydrogen-bond donors (Lipinski definition) is 0. The van der Waals surface area contributed by atoms with Gasteiger partial charge in [0.25, 0.3) is 0 Å². The highest BCUT2D eigenvalue weighted by atomic mass is 127. The Morgan fingerprint density at radius 3 is 1.32 bits per heavy atom. The van der Waals surface area contributed by atoms with Gasteiger partial charge in [-0.1, -0.05) is 47.0 Å². The van der Waals surface area contributed by atoms with Crippen LogP contribution in [-0.4, -0.2) is 24.0 Å². The molecule has 0 amide bonds. The summed E-state index contributed by atoms with van der Waals surface area (Å²) in [7, 11) is 0. The maximum atomic E-state index is 2.32. The third-order valence-electron chi connectivity index (χ3n) is 5.82. The van der Waals surface area contributed by atoms with Crippen LogP contribution in [0.4, 0.5) is 0 Å². The lowest BCUT2D eigenvalue weighted by atomic mass is 10.1. The van der Waals surface area contributed by atoms with Gasteiger partial charge in [0.1, 0.15) is 13.1 Å². The number of pyridine rings is 2. The van der Waals surface area contributed by atoms with Crippen LogP contribution in [0.15, 0.2) is 74.5 Å². The summed E-state index contributed by atoms with van der Waals surface area (Å²) < 4.78 is 13.6. The Balaban J connectivity index is 0.00000200. The number of thioether (sulfide) groups is 8. The highest BCUT2D eigenvalue weighted by Crippen LogP contribution is 2.65. The number of fused-ring (bicyclic) bond motifs is 2. The molecule has 12 heteroatoms. The molecule has 5 aliphatic rings. The van der Waals surface area contributed by atoms with Gasteiger partial charge in [0.2, 0.25) is 0 Å². The molecule has 0 fully saturated rings. The number of nitrogens with zero attached hydrogens (tertiary/aromatic N) is 2. The topological polar surface area (TPSA) is 7.76 Å². The van der Waals surface area contributed by atoms with Crippen LogP contribution in [0.1, 0.15) is 25.7 Å². The van der Waals surface area contributed by atoms with Crippen molar-refractivity contribution in [1.82, 2.24) is 0 Å². The van der Waals surface area contributed by atoms with Crippen molar-refractivity contribution in [1.29, 1.82) is 0 Å². The van der Waals surface area contributed by atoms with Gasteiger partial charge >= 0.3 is 0 Å². The zero-order chi connectivity index (χ0) is 24.7. The molecule has 0 saturated heterocycles. The number of hydrogen-bond acceptors (Lipinski definition) is 8. The highest BCUT2D eigenvalue weighted by Gasteiger charge is 2.30. The first kappa shape index (κ1) is 34.3. The second-order valence-corrected chi connectivity index (χ2v) is 17.8. The van der Waals surface area contributed by atoms with Gasteiger partial charge in [-0.2, -0.15) is 0 Å². The van der Waals surface area contributed by atoms with E-state index in [-0.39, 0.29) is 48.0 Å². The monoisotopic (exact) mass is 880 g/mol. The number of aryl methyl sites for hydroxylation is 2. The van der Waals surface area contributed by atoms with Crippen molar-refractivity contribution in [2.45, 2.75) is 38.8 Å². The fourth-order valence-corrected chi connectivity index (χ4v) is 15.1. The molecule has 2 aromatic rings. The standard InChI is InChI=1S/C26H30N2S8.2HI/c1-29-21-23-31-17-5-3-11-27-13-7-19(8-14-27)20-9-15-28(16-10-20)12-4-6-18-32-24-22(30-2)34-26(36-24)25(33-21)35-23;;/h7-10,13-16H,3-6,11-12,17-18H2,1-2H3;2*1H/q+2;;/p-2/b26-25+;;. The lowest BCUT2D eigenvalue weighted by Gasteiger charge is -2.05. The van der Waals surface area contributed by atoms with Crippen molar-refractivity contribution in [3.05, 3.63) is 74.5 Å². The van der Waals surface area contributed by atoms with Crippen molar-refractivity contribution in [3.63, 3.8) is 0 Å². The predicted molar refractivity (Wildman–Crippen MR) is 174 cm³/mol. The number of aromatic nitrogens is 2. The Hall–Kier alpha value is 1.78. The molecule has 0 N–H and O–H groups in total. The van der Waals surface area contributed by atoms with E-state index in [2.05, 4.69) is 94.2 Å². The summed E-state index contributed by atoms with van der Waals surface area (Å²) in [6.45, 7) is 2.16. The molecule has 206 valence electrons. The van der Waals surface area contributed by atoms with Crippen LogP contribution in [0.25, 0.3) is 11.1 Å². The van der Waals surface area contributed by atoms with Crippen molar-refractivity contribution < 1.29 is 57.1 Å². The first-order chi connectivity index (χ1) is 17.7. The zero-order valence-corrected chi connectivity index (χ0v) is 32.0. The van der Waals surface area contributed by atoms with Gasteiger partial charge in [-0.3, -0.25) is 0 Å². The van der Waals surface area contributed by atoms with Gasteiger partial charge in [0, 0.05) is 37.1 Å². The minimum atomic E-state index is 0. The van der Waals surface area contributed by atoms with Crippen LogP contribution in [0.3, 0.4) is 0 Å². The SMILES string of the molecule is CSC1=C2SCCCC[n+]3ccc(cc3)-c3cc[n+](cc3)CCCCSC3=C(SC)S/C(=C(/S1)S2)S3.[I-].[I-].